The summed E-state index contributed by atoms with van der Waals surface area (Å²) in [5.74, 6) is -0.230. The quantitative estimate of drug-likeness (QED) is 0.920. The van der Waals surface area contributed by atoms with Crippen LogP contribution in [-0.2, 0) is 5.41 Å². The zero-order valence-electron chi connectivity index (χ0n) is 13.3. The van der Waals surface area contributed by atoms with Gasteiger partial charge in [0.2, 0.25) is 5.88 Å². The first-order valence-electron chi connectivity index (χ1n) is 7.25. The maximum atomic E-state index is 14.4. The van der Waals surface area contributed by atoms with Crippen LogP contribution < -0.4 is 9.47 Å². The molecule has 2 rings (SSSR count). The van der Waals surface area contributed by atoms with Gasteiger partial charge in [-0.25, -0.2) is 4.39 Å². The first kappa shape index (κ1) is 16.4. The third-order valence-corrected chi connectivity index (χ3v) is 3.17. The predicted molar refractivity (Wildman–Crippen MR) is 81.9 cm³/mol. The molecule has 0 unspecified atom stereocenters. The molecular weight excluding hydrogens is 287 g/mol. The van der Waals surface area contributed by atoms with Crippen LogP contribution in [0.3, 0.4) is 0 Å². The molecule has 120 valence electrons. The second-order valence-electron chi connectivity index (χ2n) is 5.92. The predicted octanol–water partition coefficient (Wildman–Crippen LogP) is 2.84. The summed E-state index contributed by atoms with van der Waals surface area (Å²) in [6, 6.07) is 3.35. The van der Waals surface area contributed by atoms with Crippen molar-refractivity contribution >= 4 is 10.9 Å². The van der Waals surface area contributed by atoms with Crippen LogP contribution in [0, 0.1) is 5.82 Å². The van der Waals surface area contributed by atoms with Gasteiger partial charge in [0, 0.05) is 0 Å². The van der Waals surface area contributed by atoms with Crippen molar-refractivity contribution in [2.75, 3.05) is 19.8 Å². The lowest BCUT2D eigenvalue weighted by molar-refractivity contribution is 0.196. The SMILES string of the molecule is CCOc1nc(OCCO)c2cc(C(C)(C)C)cc(F)c2n1. The number of fused-ring (bicyclic) bond motifs is 1. The van der Waals surface area contributed by atoms with Gasteiger partial charge in [0.1, 0.15) is 17.9 Å². The van der Waals surface area contributed by atoms with Gasteiger partial charge in [-0.3, -0.25) is 0 Å². The molecule has 0 atom stereocenters. The van der Waals surface area contributed by atoms with Crippen LogP contribution in [0.5, 0.6) is 11.9 Å². The van der Waals surface area contributed by atoms with E-state index in [1.165, 1.54) is 6.07 Å². The van der Waals surface area contributed by atoms with E-state index >= 15 is 0 Å². The van der Waals surface area contributed by atoms with Gasteiger partial charge < -0.3 is 14.6 Å². The smallest absolute Gasteiger partial charge is 0.320 e. The van der Waals surface area contributed by atoms with Gasteiger partial charge in [0.25, 0.3) is 0 Å². The molecule has 1 heterocycles. The molecule has 0 aliphatic rings. The summed E-state index contributed by atoms with van der Waals surface area (Å²) in [7, 11) is 0. The fourth-order valence-electron chi connectivity index (χ4n) is 2.02. The molecule has 2 aromatic rings. The van der Waals surface area contributed by atoms with Crippen molar-refractivity contribution in [3.63, 3.8) is 0 Å². The Labute approximate surface area is 129 Å². The maximum Gasteiger partial charge on any atom is 0.320 e. The monoisotopic (exact) mass is 308 g/mol. The van der Waals surface area contributed by atoms with Crippen molar-refractivity contribution in [2.24, 2.45) is 0 Å². The number of aliphatic hydroxyl groups is 1. The van der Waals surface area contributed by atoms with E-state index in [1.807, 2.05) is 26.8 Å². The highest BCUT2D eigenvalue weighted by atomic mass is 19.1. The molecule has 5 nitrogen and oxygen atoms in total. The minimum absolute atomic E-state index is 0.0605. The molecule has 1 aromatic carbocycles. The van der Waals surface area contributed by atoms with Crippen molar-refractivity contribution in [1.82, 2.24) is 9.97 Å². The van der Waals surface area contributed by atoms with Crippen LogP contribution in [0.25, 0.3) is 10.9 Å². The summed E-state index contributed by atoms with van der Waals surface area (Å²) in [5.41, 5.74) is 0.750. The molecule has 0 aliphatic heterocycles. The zero-order chi connectivity index (χ0) is 16.3. The Morgan fingerprint density at radius 2 is 1.91 bits per heavy atom. The van der Waals surface area contributed by atoms with Crippen molar-refractivity contribution in [3.05, 3.63) is 23.5 Å². The lowest BCUT2D eigenvalue weighted by atomic mass is 9.86. The Morgan fingerprint density at radius 3 is 2.50 bits per heavy atom. The lowest BCUT2D eigenvalue weighted by Gasteiger charge is -2.20. The molecule has 1 aromatic heterocycles. The Morgan fingerprint density at radius 1 is 1.18 bits per heavy atom. The van der Waals surface area contributed by atoms with E-state index in [2.05, 4.69) is 9.97 Å². The van der Waals surface area contributed by atoms with Crippen LogP contribution in [0.2, 0.25) is 0 Å². The van der Waals surface area contributed by atoms with Crippen LogP contribution in [0.1, 0.15) is 33.3 Å². The Balaban J connectivity index is 2.66. The molecule has 0 saturated heterocycles. The molecule has 0 saturated carbocycles. The van der Waals surface area contributed by atoms with Crippen LogP contribution in [0.15, 0.2) is 12.1 Å². The van der Waals surface area contributed by atoms with E-state index < -0.39 is 5.82 Å². The molecule has 0 radical (unpaired) electrons. The van der Waals surface area contributed by atoms with Crippen LogP contribution in [-0.4, -0.2) is 34.9 Å². The average molecular weight is 308 g/mol. The lowest BCUT2D eigenvalue weighted by Crippen LogP contribution is -2.12. The van der Waals surface area contributed by atoms with Crippen LogP contribution >= 0.6 is 0 Å². The van der Waals surface area contributed by atoms with E-state index in [1.54, 1.807) is 6.92 Å². The van der Waals surface area contributed by atoms with Gasteiger partial charge in [0.15, 0.2) is 0 Å². The molecule has 22 heavy (non-hydrogen) atoms. The van der Waals surface area contributed by atoms with Crippen molar-refractivity contribution in [2.45, 2.75) is 33.1 Å². The molecule has 6 heteroatoms. The van der Waals surface area contributed by atoms with E-state index in [9.17, 15) is 4.39 Å². The molecule has 1 N–H and O–H groups in total. The molecule has 0 spiro atoms. The number of aromatic nitrogens is 2. The number of hydrogen-bond acceptors (Lipinski definition) is 5. The Kier molecular flexibility index (Phi) is 4.81. The van der Waals surface area contributed by atoms with E-state index in [0.29, 0.717) is 12.0 Å². The third kappa shape index (κ3) is 3.44. The first-order valence-corrected chi connectivity index (χ1v) is 7.25. The molecular formula is C16H21FN2O3. The van der Waals surface area contributed by atoms with Gasteiger partial charge >= 0.3 is 6.01 Å². The molecule has 0 fully saturated rings. The largest absolute Gasteiger partial charge is 0.475 e. The number of nitrogens with zero attached hydrogens (tertiary/aromatic N) is 2. The standard InChI is InChI=1S/C16H21FN2O3/c1-5-21-15-18-13-11(14(19-15)22-7-6-20)8-10(9-12(13)17)16(2,3)4/h8-9,20H,5-7H2,1-4H3. The van der Waals surface area contributed by atoms with E-state index in [0.717, 1.165) is 5.56 Å². The zero-order valence-corrected chi connectivity index (χ0v) is 13.3. The molecule has 0 aliphatic carbocycles. The summed E-state index contributed by atoms with van der Waals surface area (Å²) in [4.78, 5) is 8.26. The first-order chi connectivity index (χ1) is 10.4. The van der Waals surface area contributed by atoms with E-state index in [-0.39, 0.29) is 36.0 Å². The van der Waals surface area contributed by atoms with Crippen molar-refractivity contribution in [1.29, 1.82) is 0 Å². The Bertz CT molecular complexity index is 668. The number of rotatable bonds is 5. The molecule has 0 bridgehead atoms. The van der Waals surface area contributed by atoms with Crippen molar-refractivity contribution < 1.29 is 19.0 Å². The number of halogens is 1. The normalized spacial score (nSPS) is 11.7. The summed E-state index contributed by atoms with van der Waals surface area (Å²) in [6.45, 7) is 8.06. The van der Waals surface area contributed by atoms with Gasteiger partial charge in [-0.1, -0.05) is 20.8 Å². The third-order valence-electron chi connectivity index (χ3n) is 3.17. The average Bonchev–Trinajstić information content (AvgIpc) is 2.44. The van der Waals surface area contributed by atoms with Crippen LogP contribution in [0.4, 0.5) is 4.39 Å². The van der Waals surface area contributed by atoms with E-state index in [4.69, 9.17) is 14.6 Å². The summed E-state index contributed by atoms with van der Waals surface area (Å²) >= 11 is 0. The van der Waals surface area contributed by atoms with Gasteiger partial charge in [-0.05, 0) is 30.0 Å². The summed E-state index contributed by atoms with van der Waals surface area (Å²) in [5, 5.41) is 9.41. The fraction of sp³-hybridized carbons (Fsp3) is 0.500. The minimum atomic E-state index is -0.445. The number of benzene rings is 1. The van der Waals surface area contributed by atoms with Gasteiger partial charge in [-0.15, -0.1) is 0 Å². The van der Waals surface area contributed by atoms with Gasteiger partial charge in [0.05, 0.1) is 18.6 Å². The highest BCUT2D eigenvalue weighted by Gasteiger charge is 2.20. The maximum absolute atomic E-state index is 14.4. The van der Waals surface area contributed by atoms with Crippen molar-refractivity contribution in [3.8, 4) is 11.9 Å². The number of ether oxygens (including phenoxy) is 2. The minimum Gasteiger partial charge on any atom is -0.475 e. The highest BCUT2D eigenvalue weighted by Crippen LogP contribution is 2.32. The summed E-state index contributed by atoms with van der Waals surface area (Å²) in [6.07, 6.45) is 0. The second kappa shape index (κ2) is 6.44. The molecule has 0 amide bonds. The summed E-state index contributed by atoms with van der Waals surface area (Å²) < 4.78 is 25.1. The highest BCUT2D eigenvalue weighted by molar-refractivity contribution is 5.85. The van der Waals surface area contributed by atoms with Gasteiger partial charge in [-0.2, -0.15) is 9.97 Å². The Hall–Kier alpha value is -1.95. The second-order valence-corrected chi connectivity index (χ2v) is 5.92. The number of aliphatic hydroxyl groups excluding tert-OH is 1. The number of hydrogen-bond donors (Lipinski definition) is 1. The fourth-order valence-corrected chi connectivity index (χ4v) is 2.02. The topological polar surface area (TPSA) is 64.5 Å².